The Kier molecular flexibility index (Phi) is 5.92. The zero-order chi connectivity index (χ0) is 21.3. The van der Waals surface area contributed by atoms with Crippen LogP contribution < -0.4 is 21.2 Å². The van der Waals surface area contributed by atoms with E-state index in [0.29, 0.717) is 0 Å². The second kappa shape index (κ2) is 8.10. The summed E-state index contributed by atoms with van der Waals surface area (Å²) in [5.74, 6) is -1.46. The summed E-state index contributed by atoms with van der Waals surface area (Å²) in [5.41, 5.74) is 3.24. The fraction of sp³-hybridized carbons (Fsp3) is 0.294. The van der Waals surface area contributed by atoms with Gasteiger partial charge in [-0.1, -0.05) is 55.6 Å². The molecule has 29 heavy (non-hydrogen) atoms. The number of carbonyl (C=O) groups excluding carboxylic acids is 1. The maximum atomic E-state index is 12.0. The molecule has 1 amide bonds. The summed E-state index contributed by atoms with van der Waals surface area (Å²) in [5, 5.41) is 10.1. The van der Waals surface area contributed by atoms with Crippen molar-refractivity contribution in [3.63, 3.8) is 0 Å². The summed E-state index contributed by atoms with van der Waals surface area (Å²) in [6.45, 7) is 6.04. The number of nitrogens with zero attached hydrogens (tertiary/aromatic N) is 2. The van der Waals surface area contributed by atoms with Gasteiger partial charge in [0, 0.05) is 11.8 Å². The molecule has 0 bridgehead atoms. The topological polar surface area (TPSA) is 122 Å². The summed E-state index contributed by atoms with van der Waals surface area (Å²) in [6, 6.07) is 2.85. The van der Waals surface area contributed by atoms with Crippen LogP contribution in [-0.4, -0.2) is 27.4 Å². The number of hydrogen-bond donors (Lipinski definition) is 3. The van der Waals surface area contributed by atoms with Gasteiger partial charge >= 0.3 is 5.76 Å². The molecule has 0 saturated heterocycles. The molecule has 0 fully saturated rings. The molecule has 2 heterocycles. The molecule has 3 rings (SSSR count). The van der Waals surface area contributed by atoms with Crippen LogP contribution in [0.15, 0.2) is 38.2 Å². The molecule has 1 aromatic carbocycles. The summed E-state index contributed by atoms with van der Waals surface area (Å²) >= 11 is 18.8. The molecular weight excluding hydrogens is 445 g/mol. The number of halogens is 3. The van der Waals surface area contributed by atoms with Crippen molar-refractivity contribution in [2.45, 2.75) is 26.3 Å². The first kappa shape index (κ1) is 21.2. The SMILES string of the molecule is CC(C)(C)C1=CC(Oc2c(Cl)cc(NC(=O)c3noc(=O)[nH]3)cc2Cl)=NNC1Cl. The van der Waals surface area contributed by atoms with E-state index in [2.05, 4.69) is 30.5 Å². The van der Waals surface area contributed by atoms with Crippen LogP contribution in [0.2, 0.25) is 10.0 Å². The molecule has 154 valence electrons. The first-order valence-corrected chi connectivity index (χ1v) is 9.47. The molecular formula is C17H16Cl3N5O4. The van der Waals surface area contributed by atoms with E-state index in [4.69, 9.17) is 39.5 Å². The van der Waals surface area contributed by atoms with Gasteiger partial charge in [-0.25, -0.2) is 4.79 Å². The third-order valence-electron chi connectivity index (χ3n) is 3.82. The number of amides is 1. The Labute approximate surface area is 180 Å². The van der Waals surface area contributed by atoms with Crippen molar-refractivity contribution in [3.05, 3.63) is 50.2 Å². The van der Waals surface area contributed by atoms with Gasteiger partial charge in [-0.05, 0) is 28.3 Å². The lowest BCUT2D eigenvalue weighted by Gasteiger charge is -2.29. The van der Waals surface area contributed by atoms with Crippen molar-refractivity contribution in [2.75, 3.05) is 5.32 Å². The van der Waals surface area contributed by atoms with Gasteiger partial charge in [0.25, 0.3) is 5.91 Å². The third kappa shape index (κ3) is 4.92. The Morgan fingerprint density at radius 3 is 2.48 bits per heavy atom. The smallest absolute Gasteiger partial charge is 0.434 e. The van der Waals surface area contributed by atoms with Gasteiger partial charge in [0.05, 0.1) is 10.0 Å². The van der Waals surface area contributed by atoms with Gasteiger partial charge in [-0.2, -0.15) is 0 Å². The molecule has 0 saturated carbocycles. The van der Waals surface area contributed by atoms with Crippen LogP contribution in [0.5, 0.6) is 5.75 Å². The highest BCUT2D eigenvalue weighted by molar-refractivity contribution is 6.38. The highest BCUT2D eigenvalue weighted by Crippen LogP contribution is 2.37. The zero-order valence-corrected chi connectivity index (χ0v) is 17.7. The second-order valence-corrected chi connectivity index (χ2v) is 8.31. The maximum absolute atomic E-state index is 12.0. The van der Waals surface area contributed by atoms with Gasteiger partial charge in [0.2, 0.25) is 11.7 Å². The predicted molar refractivity (Wildman–Crippen MR) is 110 cm³/mol. The van der Waals surface area contributed by atoms with Crippen molar-refractivity contribution in [1.29, 1.82) is 0 Å². The highest BCUT2D eigenvalue weighted by Gasteiger charge is 2.28. The Bertz CT molecular complexity index is 1040. The minimum absolute atomic E-state index is 0.128. The van der Waals surface area contributed by atoms with Crippen molar-refractivity contribution < 1.29 is 14.1 Å². The van der Waals surface area contributed by atoms with E-state index in [-0.39, 0.29) is 38.6 Å². The largest absolute Gasteiger partial charge is 0.439 e. The lowest BCUT2D eigenvalue weighted by atomic mass is 9.85. The van der Waals surface area contributed by atoms with Crippen LogP contribution in [0.3, 0.4) is 0 Å². The summed E-state index contributed by atoms with van der Waals surface area (Å²) in [4.78, 5) is 25.1. The van der Waals surface area contributed by atoms with Gasteiger partial charge in [-0.3, -0.25) is 19.7 Å². The molecule has 1 aromatic heterocycles. The van der Waals surface area contributed by atoms with E-state index in [1.54, 1.807) is 6.08 Å². The normalized spacial score (nSPS) is 16.6. The number of hydrazone groups is 1. The van der Waals surface area contributed by atoms with Crippen molar-refractivity contribution in [3.8, 4) is 5.75 Å². The lowest BCUT2D eigenvalue weighted by molar-refractivity contribution is 0.101. The van der Waals surface area contributed by atoms with E-state index in [1.807, 2.05) is 20.8 Å². The van der Waals surface area contributed by atoms with E-state index >= 15 is 0 Å². The molecule has 1 unspecified atom stereocenters. The minimum Gasteiger partial charge on any atom is -0.434 e. The first-order chi connectivity index (χ1) is 13.5. The highest BCUT2D eigenvalue weighted by atomic mass is 35.5. The molecule has 1 aliphatic rings. The average Bonchev–Trinajstić information content (AvgIpc) is 3.05. The number of rotatable bonds is 3. The van der Waals surface area contributed by atoms with Gasteiger partial charge < -0.3 is 10.1 Å². The third-order valence-corrected chi connectivity index (χ3v) is 4.72. The number of benzene rings is 1. The van der Waals surface area contributed by atoms with Crippen molar-refractivity contribution >= 4 is 52.3 Å². The van der Waals surface area contributed by atoms with E-state index in [9.17, 15) is 9.59 Å². The van der Waals surface area contributed by atoms with Crippen LogP contribution in [-0.2, 0) is 0 Å². The lowest BCUT2D eigenvalue weighted by Crippen LogP contribution is -2.34. The number of ether oxygens (including phenoxy) is 1. The quantitative estimate of drug-likeness (QED) is 0.474. The van der Waals surface area contributed by atoms with Crippen molar-refractivity contribution in [1.82, 2.24) is 15.6 Å². The van der Waals surface area contributed by atoms with Crippen LogP contribution in [0.1, 0.15) is 31.4 Å². The van der Waals surface area contributed by atoms with Gasteiger partial charge in [0.15, 0.2) is 5.75 Å². The second-order valence-electron chi connectivity index (χ2n) is 7.06. The predicted octanol–water partition coefficient (Wildman–Crippen LogP) is 3.75. The van der Waals surface area contributed by atoms with E-state index in [0.717, 1.165) is 5.57 Å². The Morgan fingerprint density at radius 2 is 1.93 bits per heavy atom. The number of H-pyrrole nitrogens is 1. The molecule has 2 aromatic rings. The number of anilines is 1. The monoisotopic (exact) mass is 459 g/mol. The Balaban J connectivity index is 1.80. The number of carbonyl (C=O) groups is 1. The standard InChI is InChI=1S/C17H16Cl3N5O4/c1-17(2,3)8-6-11(23-24-13(8)20)28-12-9(18)4-7(5-10(12)19)21-15(26)14-22-16(27)29-25-14/h4-6,13,24H,1-3H3,(H,21,26)(H,22,25,27). The summed E-state index contributed by atoms with van der Waals surface area (Å²) in [7, 11) is 0. The summed E-state index contributed by atoms with van der Waals surface area (Å²) < 4.78 is 10.0. The molecule has 3 N–H and O–H groups in total. The Morgan fingerprint density at radius 1 is 1.28 bits per heavy atom. The maximum Gasteiger partial charge on any atom is 0.439 e. The molecule has 0 spiro atoms. The number of alkyl halides is 1. The fourth-order valence-electron chi connectivity index (χ4n) is 2.43. The van der Waals surface area contributed by atoms with Crippen LogP contribution in [0.4, 0.5) is 5.69 Å². The van der Waals surface area contributed by atoms with Crippen molar-refractivity contribution in [2.24, 2.45) is 10.5 Å². The number of nitrogens with one attached hydrogen (secondary N) is 3. The van der Waals surface area contributed by atoms with E-state index in [1.165, 1.54) is 12.1 Å². The fourth-order valence-corrected chi connectivity index (χ4v) is 3.43. The number of aromatic amines is 1. The number of hydrogen-bond acceptors (Lipinski definition) is 7. The van der Waals surface area contributed by atoms with Gasteiger partial charge in [-0.15, -0.1) is 5.10 Å². The summed E-state index contributed by atoms with van der Waals surface area (Å²) in [6.07, 6.45) is 1.72. The van der Waals surface area contributed by atoms with Crippen LogP contribution in [0, 0.1) is 5.41 Å². The molecule has 9 nitrogen and oxygen atoms in total. The zero-order valence-electron chi connectivity index (χ0n) is 15.5. The van der Waals surface area contributed by atoms with E-state index < -0.39 is 17.2 Å². The Hall–Kier alpha value is -2.49. The van der Waals surface area contributed by atoms with Crippen LogP contribution >= 0.6 is 34.8 Å². The minimum atomic E-state index is -0.848. The number of aromatic nitrogens is 2. The van der Waals surface area contributed by atoms with Gasteiger partial charge in [0.1, 0.15) is 5.50 Å². The first-order valence-electron chi connectivity index (χ1n) is 8.28. The molecule has 1 atom stereocenters. The molecule has 12 heteroatoms. The average molecular weight is 461 g/mol. The molecule has 1 aliphatic heterocycles. The van der Waals surface area contributed by atoms with Crippen LogP contribution in [0.25, 0.3) is 0 Å². The molecule has 0 aliphatic carbocycles. The molecule has 0 radical (unpaired) electrons.